The molecule has 0 N–H and O–H groups in total. The van der Waals surface area contributed by atoms with Crippen LogP contribution in [-0.4, -0.2) is 0 Å². The van der Waals surface area contributed by atoms with Crippen LogP contribution < -0.4 is 4.48 Å². The van der Waals surface area contributed by atoms with Gasteiger partial charge in [-0.15, -0.1) is 0 Å². The van der Waals surface area contributed by atoms with Crippen molar-refractivity contribution in [3.63, 3.8) is 0 Å². The summed E-state index contributed by atoms with van der Waals surface area (Å²) in [5.74, 6) is 0. The van der Waals surface area contributed by atoms with Crippen molar-refractivity contribution in [1.29, 1.82) is 0 Å². The van der Waals surface area contributed by atoms with Gasteiger partial charge in [-0.2, -0.15) is 0 Å². The molecule has 0 atom stereocenters. The molecule has 0 saturated heterocycles. The van der Waals surface area contributed by atoms with Crippen LogP contribution in [-0.2, 0) is 13.1 Å². The fraction of sp³-hybridized carbons (Fsp3) is 0.0909. The average molecular weight is 367 g/mol. The van der Waals surface area contributed by atoms with E-state index in [-0.39, 0.29) is 0 Å². The molecular formula is C22H18Cl2N+. The second kappa shape index (κ2) is 6.68. The normalized spacial score (nSPS) is 14.5. The Morgan fingerprint density at radius 2 is 1.16 bits per heavy atom. The Morgan fingerprint density at radius 3 is 1.72 bits per heavy atom. The number of hydrogen-bond donors (Lipinski definition) is 0. The van der Waals surface area contributed by atoms with Gasteiger partial charge < -0.3 is 0 Å². The lowest BCUT2D eigenvalue weighted by atomic mass is 10.1. The fourth-order valence-electron chi connectivity index (χ4n) is 3.50. The first-order valence-electron chi connectivity index (χ1n) is 8.29. The molecule has 0 aliphatic carbocycles. The maximum atomic E-state index is 6.06. The van der Waals surface area contributed by atoms with Crippen LogP contribution in [0.1, 0.15) is 16.7 Å². The minimum Gasteiger partial charge on any atom is -0.257 e. The van der Waals surface area contributed by atoms with Crippen molar-refractivity contribution in [2.75, 3.05) is 0 Å². The van der Waals surface area contributed by atoms with Gasteiger partial charge in [0.15, 0.2) is 0 Å². The maximum Gasteiger partial charge on any atom is 0.145 e. The summed E-state index contributed by atoms with van der Waals surface area (Å²) in [4.78, 5) is 0. The van der Waals surface area contributed by atoms with E-state index >= 15 is 0 Å². The van der Waals surface area contributed by atoms with Gasteiger partial charge in [0.25, 0.3) is 0 Å². The lowest BCUT2D eigenvalue weighted by Crippen LogP contribution is -2.40. The largest absolute Gasteiger partial charge is 0.257 e. The van der Waals surface area contributed by atoms with E-state index in [2.05, 4.69) is 60.8 Å². The quantitative estimate of drug-likeness (QED) is 0.451. The number of benzene rings is 3. The smallest absolute Gasteiger partial charge is 0.145 e. The van der Waals surface area contributed by atoms with Crippen molar-refractivity contribution < 1.29 is 0 Å². The molecule has 1 nitrogen and oxygen atoms in total. The summed E-state index contributed by atoms with van der Waals surface area (Å²) in [6, 6.07) is 24.9. The highest BCUT2D eigenvalue weighted by Crippen LogP contribution is 2.39. The lowest BCUT2D eigenvalue weighted by molar-refractivity contribution is 0.361. The van der Waals surface area contributed by atoms with Crippen molar-refractivity contribution in [3.8, 4) is 0 Å². The molecule has 0 bridgehead atoms. The first-order chi connectivity index (χ1) is 12.1. The third-order valence-corrected chi connectivity index (χ3v) is 5.22. The van der Waals surface area contributed by atoms with E-state index in [0.29, 0.717) is 0 Å². The summed E-state index contributed by atoms with van der Waals surface area (Å²) in [5, 5.41) is 1.54. The third kappa shape index (κ3) is 3.36. The molecule has 0 aromatic heterocycles. The summed E-state index contributed by atoms with van der Waals surface area (Å²) in [6.07, 6.45) is 4.52. The third-order valence-electron chi connectivity index (χ3n) is 4.71. The molecule has 0 amide bonds. The summed E-state index contributed by atoms with van der Waals surface area (Å²) >= 11 is 12.1. The zero-order valence-electron chi connectivity index (χ0n) is 13.7. The summed E-state index contributed by atoms with van der Waals surface area (Å²) in [6.45, 7) is 1.76. The molecule has 0 radical (unpaired) electrons. The molecule has 0 unspecified atom stereocenters. The summed E-state index contributed by atoms with van der Waals surface area (Å²) in [5.41, 5.74) is 5.14. The van der Waals surface area contributed by atoms with Gasteiger partial charge in [0.05, 0.1) is 0 Å². The lowest BCUT2D eigenvalue weighted by Gasteiger charge is -2.33. The topological polar surface area (TPSA) is 0 Å². The first-order valence-corrected chi connectivity index (χ1v) is 9.05. The highest BCUT2D eigenvalue weighted by atomic mass is 35.5. The summed E-state index contributed by atoms with van der Waals surface area (Å²) in [7, 11) is 0. The van der Waals surface area contributed by atoms with E-state index in [0.717, 1.165) is 27.6 Å². The number of fused-ring (bicyclic) bond motifs is 1. The van der Waals surface area contributed by atoms with Crippen LogP contribution in [0.5, 0.6) is 0 Å². The summed E-state index contributed by atoms with van der Waals surface area (Å²) < 4.78 is 0.763. The van der Waals surface area contributed by atoms with Crippen molar-refractivity contribution >= 4 is 35.0 Å². The minimum atomic E-state index is 0.763. The molecule has 3 aromatic rings. The van der Waals surface area contributed by atoms with E-state index < -0.39 is 0 Å². The molecule has 4 rings (SSSR count). The molecule has 0 fully saturated rings. The molecule has 1 heterocycles. The molecule has 1 aliphatic heterocycles. The predicted molar refractivity (Wildman–Crippen MR) is 108 cm³/mol. The zero-order chi connectivity index (χ0) is 17.3. The van der Waals surface area contributed by atoms with Gasteiger partial charge in [-0.05, 0) is 30.3 Å². The van der Waals surface area contributed by atoms with Gasteiger partial charge >= 0.3 is 0 Å². The highest BCUT2D eigenvalue weighted by molar-refractivity contribution is 6.30. The molecule has 3 heteroatoms. The zero-order valence-corrected chi connectivity index (χ0v) is 15.2. The maximum absolute atomic E-state index is 6.06. The average Bonchev–Trinajstić information content (AvgIpc) is 2.98. The standard InChI is InChI=1S/C22H18Cl2N/c23-20-9-5-17(6-10-20)15-25(16-18-7-11-21(24)12-8-18)14-13-19-3-1-2-4-22(19)25/h1-14H,15-16H2/q+1. The van der Waals surface area contributed by atoms with Crippen molar-refractivity contribution in [2.24, 2.45) is 0 Å². The van der Waals surface area contributed by atoms with E-state index in [4.69, 9.17) is 23.2 Å². The van der Waals surface area contributed by atoms with Crippen LogP contribution in [0.15, 0.2) is 79.0 Å². The minimum absolute atomic E-state index is 0.763. The monoisotopic (exact) mass is 366 g/mol. The van der Waals surface area contributed by atoms with Gasteiger partial charge in [-0.1, -0.05) is 59.6 Å². The number of nitrogens with zero attached hydrogens (tertiary/aromatic N) is 1. The van der Waals surface area contributed by atoms with Crippen LogP contribution >= 0.6 is 23.2 Å². The van der Waals surface area contributed by atoms with Crippen LogP contribution in [0, 0.1) is 0 Å². The van der Waals surface area contributed by atoms with Gasteiger partial charge in [0.2, 0.25) is 0 Å². The van der Waals surface area contributed by atoms with Gasteiger partial charge in [-0.25, -0.2) is 0 Å². The van der Waals surface area contributed by atoms with Crippen molar-refractivity contribution in [3.05, 3.63) is 106 Å². The second-order valence-electron chi connectivity index (χ2n) is 6.48. The van der Waals surface area contributed by atoms with Gasteiger partial charge in [-0.3, -0.25) is 4.48 Å². The van der Waals surface area contributed by atoms with Crippen molar-refractivity contribution in [2.45, 2.75) is 13.1 Å². The van der Waals surface area contributed by atoms with E-state index in [1.807, 2.05) is 24.3 Å². The Morgan fingerprint density at radius 1 is 0.640 bits per heavy atom. The van der Waals surface area contributed by atoms with Crippen LogP contribution in [0.2, 0.25) is 10.0 Å². The molecule has 0 saturated carbocycles. The number of hydrogen-bond acceptors (Lipinski definition) is 0. The molecule has 3 aromatic carbocycles. The van der Waals surface area contributed by atoms with Crippen molar-refractivity contribution in [1.82, 2.24) is 4.48 Å². The van der Waals surface area contributed by atoms with Gasteiger partial charge in [0, 0.05) is 38.9 Å². The van der Waals surface area contributed by atoms with Crippen LogP contribution in [0.3, 0.4) is 0 Å². The van der Waals surface area contributed by atoms with E-state index in [1.54, 1.807) is 0 Å². The molecule has 0 spiro atoms. The van der Waals surface area contributed by atoms with E-state index in [9.17, 15) is 0 Å². The Labute approximate surface area is 158 Å². The Bertz CT molecular complexity index is 864. The predicted octanol–water partition coefficient (Wildman–Crippen LogP) is 6.69. The molecular weight excluding hydrogens is 349 g/mol. The van der Waals surface area contributed by atoms with Crippen LogP contribution in [0.4, 0.5) is 5.69 Å². The Balaban J connectivity index is 1.75. The molecule has 25 heavy (non-hydrogen) atoms. The Hall–Kier alpha value is -2.06. The SMILES string of the molecule is Clc1ccc(C[N+]2(Cc3ccc(Cl)cc3)C=Cc3ccccc32)cc1. The van der Waals surface area contributed by atoms with Crippen LogP contribution in [0.25, 0.3) is 6.08 Å². The number of quaternary nitrogens is 1. The van der Waals surface area contributed by atoms with E-state index in [1.165, 1.54) is 22.4 Å². The number of para-hydroxylation sites is 1. The second-order valence-corrected chi connectivity index (χ2v) is 7.35. The Kier molecular flexibility index (Phi) is 4.39. The first kappa shape index (κ1) is 16.4. The number of rotatable bonds is 4. The van der Waals surface area contributed by atoms with Gasteiger partial charge in [0.1, 0.15) is 25.0 Å². The molecule has 1 aliphatic rings. The number of halogens is 2. The fourth-order valence-corrected chi connectivity index (χ4v) is 3.75. The molecule has 124 valence electrons. The highest BCUT2D eigenvalue weighted by Gasteiger charge is 2.34.